The second kappa shape index (κ2) is 4.14. The normalized spacial score (nSPS) is 14.2. The average molecular weight is 243 g/mol. The molecule has 3 rings (SSSR count). The average Bonchev–Trinajstić information content (AvgIpc) is 2.87. The van der Waals surface area contributed by atoms with Gasteiger partial charge in [-0.05, 0) is 30.7 Å². The lowest BCUT2D eigenvalue weighted by molar-refractivity contribution is 0.414. The van der Waals surface area contributed by atoms with Crippen molar-refractivity contribution in [2.45, 2.75) is 25.9 Å². The largest absolute Gasteiger partial charge is 0.497 e. The first-order valence-electron chi connectivity index (χ1n) is 6.16. The van der Waals surface area contributed by atoms with Gasteiger partial charge in [0.1, 0.15) is 5.75 Å². The summed E-state index contributed by atoms with van der Waals surface area (Å²) in [5, 5.41) is 4.42. The molecule has 4 nitrogen and oxygen atoms in total. The minimum Gasteiger partial charge on any atom is -0.497 e. The molecule has 0 aliphatic heterocycles. The Kier molecular flexibility index (Phi) is 2.59. The van der Waals surface area contributed by atoms with E-state index in [0.29, 0.717) is 0 Å². The first-order chi connectivity index (χ1) is 8.69. The lowest BCUT2D eigenvalue weighted by atomic mass is 10.1. The van der Waals surface area contributed by atoms with Crippen molar-refractivity contribution < 1.29 is 4.74 Å². The van der Waals surface area contributed by atoms with E-state index in [1.54, 1.807) is 7.11 Å². The van der Waals surface area contributed by atoms with Crippen LogP contribution in [0.3, 0.4) is 0 Å². The highest BCUT2D eigenvalue weighted by Crippen LogP contribution is 2.38. The summed E-state index contributed by atoms with van der Waals surface area (Å²) in [6.07, 6.45) is 2.88. The van der Waals surface area contributed by atoms with Crippen LogP contribution < -0.4 is 10.5 Å². The van der Waals surface area contributed by atoms with Crippen molar-refractivity contribution in [2.24, 2.45) is 5.73 Å². The van der Waals surface area contributed by atoms with Gasteiger partial charge in [-0.25, -0.2) is 0 Å². The van der Waals surface area contributed by atoms with Crippen LogP contribution in [0, 0.1) is 0 Å². The molecule has 0 saturated carbocycles. The van der Waals surface area contributed by atoms with Gasteiger partial charge in [0.2, 0.25) is 0 Å². The lowest BCUT2D eigenvalue weighted by Gasteiger charge is -2.10. The molecular weight excluding hydrogens is 226 g/mol. The fraction of sp³-hybridized carbons (Fsp3) is 0.357. The molecule has 0 radical (unpaired) electrons. The van der Waals surface area contributed by atoms with E-state index in [0.717, 1.165) is 18.7 Å². The third kappa shape index (κ3) is 1.69. The number of hydrogen-bond donors (Lipinski definition) is 1. The second-order valence-electron chi connectivity index (χ2n) is 4.88. The Balaban J connectivity index is 2.05. The maximum Gasteiger partial charge on any atom is 0.119 e. The molecule has 0 amide bonds. The molecule has 0 fully saturated rings. The zero-order valence-electron chi connectivity index (χ0n) is 10.7. The second-order valence-corrected chi connectivity index (χ2v) is 4.88. The fourth-order valence-electron chi connectivity index (χ4n) is 2.56. The molecule has 94 valence electrons. The highest BCUT2D eigenvalue weighted by Gasteiger charge is 2.23. The van der Waals surface area contributed by atoms with Crippen molar-refractivity contribution in [1.82, 2.24) is 9.78 Å². The predicted octanol–water partition coefficient (Wildman–Crippen LogP) is 1.81. The van der Waals surface area contributed by atoms with Crippen LogP contribution in [0.4, 0.5) is 0 Å². The topological polar surface area (TPSA) is 53.1 Å². The van der Waals surface area contributed by atoms with Crippen molar-refractivity contribution in [3.05, 3.63) is 35.5 Å². The molecule has 1 heterocycles. The Morgan fingerprint density at radius 1 is 1.44 bits per heavy atom. The molecule has 2 N–H and O–H groups in total. The zero-order valence-corrected chi connectivity index (χ0v) is 10.7. The van der Waals surface area contributed by atoms with Crippen LogP contribution in [0.2, 0.25) is 0 Å². The van der Waals surface area contributed by atoms with E-state index in [-0.39, 0.29) is 6.04 Å². The van der Waals surface area contributed by atoms with Crippen LogP contribution in [0.15, 0.2) is 24.4 Å². The third-order valence-corrected chi connectivity index (χ3v) is 3.32. The Labute approximate surface area is 106 Å². The third-order valence-electron chi connectivity index (χ3n) is 3.32. The number of nitrogens with zero attached hydrogens (tertiary/aromatic N) is 2. The van der Waals surface area contributed by atoms with Crippen molar-refractivity contribution >= 4 is 0 Å². The number of aromatic nitrogens is 2. The van der Waals surface area contributed by atoms with E-state index < -0.39 is 0 Å². The Morgan fingerprint density at radius 2 is 2.28 bits per heavy atom. The van der Waals surface area contributed by atoms with Crippen LogP contribution >= 0.6 is 0 Å². The van der Waals surface area contributed by atoms with Gasteiger partial charge in [0, 0.05) is 23.6 Å². The summed E-state index contributed by atoms with van der Waals surface area (Å²) in [7, 11) is 1.70. The molecule has 4 heteroatoms. The SMILES string of the molecule is COc1ccc2c(c1)Cc1cnn(C[C@@H](C)N)c1-2. The summed E-state index contributed by atoms with van der Waals surface area (Å²) in [4.78, 5) is 0. The molecule has 0 spiro atoms. The first-order valence-corrected chi connectivity index (χ1v) is 6.16. The molecule has 1 aromatic carbocycles. The van der Waals surface area contributed by atoms with Crippen molar-refractivity contribution in [2.75, 3.05) is 7.11 Å². The summed E-state index contributed by atoms with van der Waals surface area (Å²) in [5.41, 5.74) is 10.9. The summed E-state index contributed by atoms with van der Waals surface area (Å²) in [6.45, 7) is 2.75. The van der Waals surface area contributed by atoms with Crippen LogP contribution in [-0.2, 0) is 13.0 Å². The molecule has 0 unspecified atom stereocenters. The molecule has 2 aromatic rings. The highest BCUT2D eigenvalue weighted by atomic mass is 16.5. The maximum atomic E-state index is 5.86. The predicted molar refractivity (Wildman–Crippen MR) is 70.7 cm³/mol. The molecule has 0 bridgehead atoms. The van der Waals surface area contributed by atoms with Crippen molar-refractivity contribution in [3.63, 3.8) is 0 Å². The summed E-state index contributed by atoms with van der Waals surface area (Å²) >= 11 is 0. The van der Waals surface area contributed by atoms with Crippen LogP contribution in [0.1, 0.15) is 18.1 Å². The standard InChI is InChI=1S/C14H17N3O/c1-9(15)8-17-14-11(7-16-17)5-10-6-12(18-2)3-4-13(10)14/h3-4,6-7,9H,5,8,15H2,1-2H3/t9-/m1/s1. The van der Waals surface area contributed by atoms with Gasteiger partial charge in [-0.1, -0.05) is 0 Å². The minimum absolute atomic E-state index is 0.108. The fourth-order valence-corrected chi connectivity index (χ4v) is 2.56. The van der Waals surface area contributed by atoms with Gasteiger partial charge < -0.3 is 10.5 Å². The Bertz CT molecular complexity index is 587. The monoisotopic (exact) mass is 243 g/mol. The summed E-state index contributed by atoms with van der Waals surface area (Å²) in [6, 6.07) is 6.32. The van der Waals surface area contributed by atoms with Gasteiger partial charge in [-0.3, -0.25) is 4.68 Å². The van der Waals surface area contributed by atoms with E-state index in [1.165, 1.54) is 22.4 Å². The summed E-state index contributed by atoms with van der Waals surface area (Å²) in [5.74, 6) is 0.908. The number of rotatable bonds is 3. The van der Waals surface area contributed by atoms with Crippen molar-refractivity contribution in [1.29, 1.82) is 0 Å². The lowest BCUT2D eigenvalue weighted by Crippen LogP contribution is -2.23. The highest BCUT2D eigenvalue weighted by molar-refractivity contribution is 5.74. The summed E-state index contributed by atoms with van der Waals surface area (Å²) < 4.78 is 7.28. The molecular formula is C14H17N3O. The number of benzene rings is 1. The van der Waals surface area contributed by atoms with Gasteiger partial charge in [-0.15, -0.1) is 0 Å². The van der Waals surface area contributed by atoms with Gasteiger partial charge in [0.05, 0.1) is 25.5 Å². The zero-order chi connectivity index (χ0) is 12.7. The molecule has 1 aliphatic carbocycles. The first kappa shape index (κ1) is 11.3. The minimum atomic E-state index is 0.108. The number of methoxy groups -OCH3 is 1. The van der Waals surface area contributed by atoms with Crippen LogP contribution in [-0.4, -0.2) is 22.9 Å². The van der Waals surface area contributed by atoms with Gasteiger partial charge in [-0.2, -0.15) is 5.10 Å². The quantitative estimate of drug-likeness (QED) is 0.763. The Morgan fingerprint density at radius 3 is 3.00 bits per heavy atom. The van der Waals surface area contributed by atoms with Gasteiger partial charge >= 0.3 is 0 Å². The molecule has 18 heavy (non-hydrogen) atoms. The van der Waals surface area contributed by atoms with E-state index in [9.17, 15) is 0 Å². The molecule has 1 atom stereocenters. The van der Waals surface area contributed by atoms with E-state index in [1.807, 2.05) is 23.9 Å². The van der Waals surface area contributed by atoms with Gasteiger partial charge in [0.25, 0.3) is 0 Å². The van der Waals surface area contributed by atoms with Crippen molar-refractivity contribution in [3.8, 4) is 17.0 Å². The van der Waals surface area contributed by atoms with Crippen LogP contribution in [0.5, 0.6) is 5.75 Å². The maximum absolute atomic E-state index is 5.86. The number of nitrogens with two attached hydrogens (primary N) is 1. The van der Waals surface area contributed by atoms with E-state index >= 15 is 0 Å². The smallest absolute Gasteiger partial charge is 0.119 e. The molecule has 1 aromatic heterocycles. The van der Waals surface area contributed by atoms with Crippen LogP contribution in [0.25, 0.3) is 11.3 Å². The van der Waals surface area contributed by atoms with Gasteiger partial charge in [0.15, 0.2) is 0 Å². The Hall–Kier alpha value is -1.81. The molecule has 0 saturated heterocycles. The number of ether oxygens (including phenoxy) is 1. The van der Waals surface area contributed by atoms with E-state index in [2.05, 4.69) is 17.2 Å². The number of fused-ring (bicyclic) bond motifs is 3. The number of hydrogen-bond acceptors (Lipinski definition) is 3. The van der Waals surface area contributed by atoms with E-state index in [4.69, 9.17) is 10.5 Å². The molecule has 1 aliphatic rings.